The minimum atomic E-state index is -0.0627. The van der Waals surface area contributed by atoms with Gasteiger partial charge in [-0.3, -0.25) is 9.69 Å². The molecule has 0 radical (unpaired) electrons. The lowest BCUT2D eigenvalue weighted by Gasteiger charge is -2.34. The maximum atomic E-state index is 11.9. The lowest BCUT2D eigenvalue weighted by atomic mass is 10.0. The molecule has 0 spiro atoms. The smallest absolute Gasteiger partial charge is 0.244 e. The van der Waals surface area contributed by atoms with Crippen LogP contribution in [0.3, 0.4) is 0 Å². The third-order valence-electron chi connectivity index (χ3n) is 3.69. The average molecular weight is 300 g/mol. The van der Waals surface area contributed by atoms with Crippen LogP contribution in [0.15, 0.2) is 54.6 Å². The molecule has 4 heteroatoms. The second-order valence-corrected chi connectivity index (χ2v) is 5.20. The van der Waals surface area contributed by atoms with Crippen LogP contribution in [0.4, 0.5) is 0 Å². The molecule has 0 saturated carbocycles. The molecule has 1 heterocycles. The molecule has 1 aliphatic heterocycles. The zero-order valence-electron chi connectivity index (χ0n) is 13.1. The number of morpholine rings is 1. The van der Waals surface area contributed by atoms with Crippen LogP contribution < -0.4 is 5.32 Å². The van der Waals surface area contributed by atoms with Gasteiger partial charge >= 0.3 is 0 Å². The Bertz CT molecular complexity index is 505. The highest BCUT2D eigenvalue weighted by atomic mass is 16.5. The summed E-state index contributed by atoms with van der Waals surface area (Å²) in [5.41, 5.74) is 1.22. The second kappa shape index (κ2) is 9.18. The molecular weight excluding hydrogens is 276 g/mol. The predicted molar refractivity (Wildman–Crippen MR) is 88.5 cm³/mol. The molecule has 1 N–H and O–H groups in total. The molecule has 1 atom stereocenters. The largest absolute Gasteiger partial charge is 0.379 e. The van der Waals surface area contributed by atoms with E-state index in [0.717, 1.165) is 26.3 Å². The van der Waals surface area contributed by atoms with E-state index in [1.165, 1.54) is 5.56 Å². The zero-order chi connectivity index (χ0) is 15.6. The molecule has 0 aromatic heterocycles. The molecule has 1 aromatic rings. The highest BCUT2D eigenvalue weighted by Gasteiger charge is 2.22. The fraction of sp³-hybridized carbons (Fsp3) is 0.389. The predicted octanol–water partition coefficient (Wildman–Crippen LogP) is 2.31. The van der Waals surface area contributed by atoms with Crippen LogP contribution in [0.5, 0.6) is 0 Å². The molecule has 118 valence electrons. The number of hydrogen-bond acceptors (Lipinski definition) is 3. The summed E-state index contributed by atoms with van der Waals surface area (Å²) < 4.78 is 5.43. The Morgan fingerprint density at radius 1 is 1.27 bits per heavy atom. The molecule has 22 heavy (non-hydrogen) atoms. The van der Waals surface area contributed by atoms with E-state index in [1.807, 2.05) is 37.3 Å². The van der Waals surface area contributed by atoms with Gasteiger partial charge in [0.2, 0.25) is 5.91 Å². The van der Waals surface area contributed by atoms with Gasteiger partial charge in [0.1, 0.15) is 0 Å². The third kappa shape index (κ3) is 5.13. The fourth-order valence-electron chi connectivity index (χ4n) is 2.53. The van der Waals surface area contributed by atoms with Gasteiger partial charge in [0.15, 0.2) is 0 Å². The Morgan fingerprint density at radius 3 is 2.68 bits per heavy atom. The minimum Gasteiger partial charge on any atom is -0.379 e. The number of benzene rings is 1. The van der Waals surface area contributed by atoms with Gasteiger partial charge in [-0.2, -0.15) is 0 Å². The summed E-state index contributed by atoms with van der Waals surface area (Å²) in [7, 11) is 0. The number of nitrogens with zero attached hydrogens (tertiary/aromatic N) is 1. The molecule has 1 amide bonds. The topological polar surface area (TPSA) is 41.6 Å². The van der Waals surface area contributed by atoms with Crippen molar-refractivity contribution in [1.29, 1.82) is 0 Å². The highest BCUT2D eigenvalue weighted by Crippen LogP contribution is 2.20. The van der Waals surface area contributed by atoms with Gasteiger partial charge in [-0.15, -0.1) is 0 Å². The summed E-state index contributed by atoms with van der Waals surface area (Å²) in [6.07, 6.45) is 7.05. The van der Waals surface area contributed by atoms with Crippen molar-refractivity contribution < 1.29 is 9.53 Å². The van der Waals surface area contributed by atoms with Gasteiger partial charge in [0, 0.05) is 25.7 Å². The maximum Gasteiger partial charge on any atom is 0.244 e. The van der Waals surface area contributed by atoms with Crippen LogP contribution in [-0.2, 0) is 9.53 Å². The Morgan fingerprint density at radius 2 is 2.00 bits per heavy atom. The van der Waals surface area contributed by atoms with E-state index >= 15 is 0 Å². The standard InChI is InChI=1S/C18H24N2O2/c1-2-3-5-10-18(21)19-15-17(16-8-6-4-7-9-16)20-11-13-22-14-12-20/h2-10,17H,11-15H2,1H3,(H,19,21)/b3-2+,10-5+. The summed E-state index contributed by atoms with van der Waals surface area (Å²) in [6, 6.07) is 10.5. The number of rotatable bonds is 6. The monoisotopic (exact) mass is 300 g/mol. The molecular formula is C18H24N2O2. The summed E-state index contributed by atoms with van der Waals surface area (Å²) in [5.74, 6) is -0.0627. The Hall–Kier alpha value is -1.91. The van der Waals surface area contributed by atoms with Crippen molar-refractivity contribution >= 4 is 5.91 Å². The molecule has 1 aromatic carbocycles. The first-order valence-electron chi connectivity index (χ1n) is 7.75. The molecule has 4 nitrogen and oxygen atoms in total. The quantitative estimate of drug-likeness (QED) is 0.647. The number of allylic oxidation sites excluding steroid dienone is 3. The minimum absolute atomic E-state index is 0.0627. The SMILES string of the molecule is C/C=C/C=C/C(=O)NCC(c1ccccc1)N1CCOCC1. The van der Waals surface area contributed by atoms with Gasteiger partial charge in [0.05, 0.1) is 19.3 Å². The maximum absolute atomic E-state index is 11.9. The number of carbonyl (C=O) groups is 1. The van der Waals surface area contributed by atoms with Crippen LogP contribution in [0, 0.1) is 0 Å². The third-order valence-corrected chi connectivity index (χ3v) is 3.69. The van der Waals surface area contributed by atoms with Crippen LogP contribution in [0.25, 0.3) is 0 Å². The molecule has 1 aliphatic rings. The summed E-state index contributed by atoms with van der Waals surface area (Å²) in [4.78, 5) is 14.2. The molecule has 2 rings (SSSR count). The summed E-state index contributed by atoms with van der Waals surface area (Å²) in [5, 5.41) is 3.00. The molecule has 1 unspecified atom stereocenters. The lowest BCUT2D eigenvalue weighted by molar-refractivity contribution is -0.116. The summed E-state index contributed by atoms with van der Waals surface area (Å²) >= 11 is 0. The van der Waals surface area contributed by atoms with Gasteiger partial charge < -0.3 is 10.1 Å². The Balaban J connectivity index is 2.00. The first kappa shape index (κ1) is 16.5. The van der Waals surface area contributed by atoms with Gasteiger partial charge in [0.25, 0.3) is 0 Å². The van der Waals surface area contributed by atoms with Crippen molar-refractivity contribution in [3.63, 3.8) is 0 Å². The number of hydrogen-bond donors (Lipinski definition) is 1. The van der Waals surface area contributed by atoms with E-state index in [-0.39, 0.29) is 11.9 Å². The number of amides is 1. The van der Waals surface area contributed by atoms with Gasteiger partial charge in [-0.05, 0) is 12.5 Å². The van der Waals surface area contributed by atoms with Crippen LogP contribution in [-0.4, -0.2) is 43.7 Å². The lowest BCUT2D eigenvalue weighted by Crippen LogP contribution is -2.43. The Labute approximate surface area is 132 Å². The Kier molecular flexibility index (Phi) is 6.87. The van der Waals surface area contributed by atoms with E-state index in [9.17, 15) is 4.79 Å². The molecule has 1 fully saturated rings. The van der Waals surface area contributed by atoms with Crippen molar-refractivity contribution in [3.05, 3.63) is 60.2 Å². The second-order valence-electron chi connectivity index (χ2n) is 5.20. The summed E-state index contributed by atoms with van der Waals surface area (Å²) in [6.45, 7) is 5.81. The van der Waals surface area contributed by atoms with E-state index in [1.54, 1.807) is 12.2 Å². The zero-order valence-corrected chi connectivity index (χ0v) is 13.1. The molecule has 0 bridgehead atoms. The van der Waals surface area contributed by atoms with Crippen molar-refractivity contribution in [3.8, 4) is 0 Å². The van der Waals surface area contributed by atoms with E-state index in [4.69, 9.17) is 4.74 Å². The van der Waals surface area contributed by atoms with E-state index in [0.29, 0.717) is 6.54 Å². The normalized spacial score (nSPS) is 17.9. The first-order chi connectivity index (χ1) is 10.8. The first-order valence-corrected chi connectivity index (χ1v) is 7.75. The van der Waals surface area contributed by atoms with Crippen molar-refractivity contribution in [1.82, 2.24) is 10.2 Å². The van der Waals surface area contributed by atoms with Crippen LogP contribution in [0.2, 0.25) is 0 Å². The highest BCUT2D eigenvalue weighted by molar-refractivity contribution is 5.87. The van der Waals surface area contributed by atoms with E-state index < -0.39 is 0 Å². The van der Waals surface area contributed by atoms with Crippen LogP contribution >= 0.6 is 0 Å². The van der Waals surface area contributed by atoms with Crippen molar-refractivity contribution in [2.24, 2.45) is 0 Å². The fourth-order valence-corrected chi connectivity index (χ4v) is 2.53. The van der Waals surface area contributed by atoms with Gasteiger partial charge in [-0.25, -0.2) is 0 Å². The van der Waals surface area contributed by atoms with Gasteiger partial charge in [-0.1, -0.05) is 48.6 Å². The van der Waals surface area contributed by atoms with Crippen molar-refractivity contribution in [2.45, 2.75) is 13.0 Å². The average Bonchev–Trinajstić information content (AvgIpc) is 2.57. The molecule has 1 saturated heterocycles. The number of nitrogens with one attached hydrogen (secondary N) is 1. The number of carbonyl (C=O) groups excluding carboxylic acids is 1. The number of ether oxygens (including phenoxy) is 1. The molecule has 0 aliphatic carbocycles. The van der Waals surface area contributed by atoms with E-state index in [2.05, 4.69) is 22.3 Å². The van der Waals surface area contributed by atoms with Crippen LogP contribution in [0.1, 0.15) is 18.5 Å². The van der Waals surface area contributed by atoms with Crippen molar-refractivity contribution in [2.75, 3.05) is 32.8 Å².